The second-order valence-electron chi connectivity index (χ2n) is 7.66. The van der Waals surface area contributed by atoms with Gasteiger partial charge in [-0.3, -0.25) is 9.59 Å². The number of hydrogen-bond acceptors (Lipinski definition) is 4. The summed E-state index contributed by atoms with van der Waals surface area (Å²) in [6, 6.07) is 11.6. The molecule has 0 N–H and O–H groups in total. The van der Waals surface area contributed by atoms with Gasteiger partial charge in [0.1, 0.15) is 5.82 Å². The summed E-state index contributed by atoms with van der Waals surface area (Å²) in [7, 11) is 3.05. The fourth-order valence-corrected chi connectivity index (χ4v) is 4.14. The molecule has 2 atom stereocenters. The van der Waals surface area contributed by atoms with Crippen LogP contribution in [0.2, 0.25) is 0 Å². The van der Waals surface area contributed by atoms with Crippen LogP contribution in [0.15, 0.2) is 42.5 Å². The summed E-state index contributed by atoms with van der Waals surface area (Å²) in [5.74, 6) is 0.774. The van der Waals surface area contributed by atoms with Crippen molar-refractivity contribution in [1.82, 2.24) is 9.80 Å². The Bertz CT molecular complexity index is 939. The molecule has 0 spiro atoms. The maximum Gasteiger partial charge on any atom is 0.257 e. The second kappa shape index (κ2) is 8.34. The van der Waals surface area contributed by atoms with Gasteiger partial charge in [-0.1, -0.05) is 18.2 Å². The molecule has 2 amide bonds. The molecule has 0 bridgehead atoms. The SMILES string of the molecule is COc1cccc(C(=O)N2CCN(C(=O)C3CC3c3ccc(F)cc3)CC2)c1OC. The highest BCUT2D eigenvalue weighted by Gasteiger charge is 2.46. The van der Waals surface area contributed by atoms with Gasteiger partial charge in [0.2, 0.25) is 5.91 Å². The maximum absolute atomic E-state index is 13.1. The first-order valence-electron chi connectivity index (χ1n) is 10.1. The van der Waals surface area contributed by atoms with E-state index in [0.29, 0.717) is 43.2 Å². The molecule has 0 radical (unpaired) electrons. The van der Waals surface area contributed by atoms with Crippen molar-refractivity contribution in [2.75, 3.05) is 40.4 Å². The third-order valence-corrected chi connectivity index (χ3v) is 5.92. The van der Waals surface area contributed by atoms with E-state index in [9.17, 15) is 14.0 Å². The summed E-state index contributed by atoms with van der Waals surface area (Å²) in [5, 5.41) is 0. The summed E-state index contributed by atoms with van der Waals surface area (Å²) in [6.45, 7) is 1.95. The number of halogens is 1. The number of benzene rings is 2. The minimum Gasteiger partial charge on any atom is -0.493 e. The van der Waals surface area contributed by atoms with Crippen molar-refractivity contribution in [2.24, 2.45) is 5.92 Å². The summed E-state index contributed by atoms with van der Waals surface area (Å²) in [4.78, 5) is 29.4. The maximum atomic E-state index is 13.1. The first kappa shape index (κ1) is 20.2. The molecular formula is C23H25FN2O4. The highest BCUT2D eigenvalue weighted by Crippen LogP contribution is 2.48. The fourth-order valence-electron chi connectivity index (χ4n) is 4.14. The van der Waals surface area contributed by atoms with Crippen molar-refractivity contribution in [3.63, 3.8) is 0 Å². The number of para-hydroxylation sites is 1. The van der Waals surface area contributed by atoms with Gasteiger partial charge in [-0.2, -0.15) is 0 Å². The fraction of sp³-hybridized carbons (Fsp3) is 0.391. The summed E-state index contributed by atoms with van der Waals surface area (Å²) < 4.78 is 23.8. The Hall–Kier alpha value is -3.09. The summed E-state index contributed by atoms with van der Waals surface area (Å²) in [5.41, 5.74) is 1.46. The average Bonchev–Trinajstić information content (AvgIpc) is 3.59. The van der Waals surface area contributed by atoms with Gasteiger partial charge >= 0.3 is 0 Å². The third-order valence-electron chi connectivity index (χ3n) is 5.92. The lowest BCUT2D eigenvalue weighted by molar-refractivity contribution is -0.134. The van der Waals surface area contributed by atoms with Crippen molar-refractivity contribution in [3.05, 3.63) is 59.4 Å². The Kier molecular flexibility index (Phi) is 5.61. The van der Waals surface area contributed by atoms with E-state index in [1.807, 2.05) is 4.90 Å². The number of carbonyl (C=O) groups is 2. The number of methoxy groups -OCH3 is 2. The van der Waals surface area contributed by atoms with E-state index in [0.717, 1.165) is 12.0 Å². The highest BCUT2D eigenvalue weighted by molar-refractivity contribution is 5.98. The van der Waals surface area contributed by atoms with Gasteiger partial charge in [-0.25, -0.2) is 4.39 Å². The predicted octanol–water partition coefficient (Wildman–Crippen LogP) is 2.93. The van der Waals surface area contributed by atoms with E-state index in [1.165, 1.54) is 26.4 Å². The Morgan fingerprint density at radius 1 is 0.933 bits per heavy atom. The molecule has 1 saturated carbocycles. The molecule has 2 aromatic carbocycles. The van der Waals surface area contributed by atoms with E-state index >= 15 is 0 Å². The molecule has 2 fully saturated rings. The number of piperazine rings is 1. The molecule has 1 aliphatic carbocycles. The van der Waals surface area contributed by atoms with Gasteiger partial charge in [-0.05, 0) is 42.2 Å². The lowest BCUT2D eigenvalue weighted by Crippen LogP contribution is -2.51. The molecule has 2 unspecified atom stereocenters. The Balaban J connectivity index is 1.36. The van der Waals surface area contributed by atoms with Crippen LogP contribution in [0.1, 0.15) is 28.3 Å². The van der Waals surface area contributed by atoms with E-state index in [2.05, 4.69) is 0 Å². The largest absolute Gasteiger partial charge is 0.493 e. The molecule has 6 nitrogen and oxygen atoms in total. The van der Waals surface area contributed by atoms with Crippen LogP contribution in [-0.2, 0) is 4.79 Å². The average molecular weight is 412 g/mol. The molecule has 7 heteroatoms. The third kappa shape index (κ3) is 3.84. The van der Waals surface area contributed by atoms with Crippen LogP contribution in [0, 0.1) is 11.7 Å². The number of rotatable bonds is 5. The smallest absolute Gasteiger partial charge is 0.257 e. The summed E-state index contributed by atoms with van der Waals surface area (Å²) in [6.07, 6.45) is 0.796. The van der Waals surface area contributed by atoms with Crippen LogP contribution >= 0.6 is 0 Å². The molecular weight excluding hydrogens is 387 g/mol. The minimum absolute atomic E-state index is 0.0452. The highest BCUT2D eigenvalue weighted by atomic mass is 19.1. The molecule has 0 aromatic heterocycles. The first-order valence-corrected chi connectivity index (χ1v) is 10.1. The first-order chi connectivity index (χ1) is 14.5. The Morgan fingerprint density at radius 2 is 1.60 bits per heavy atom. The number of carbonyl (C=O) groups excluding carboxylic acids is 2. The van der Waals surface area contributed by atoms with Crippen LogP contribution in [0.3, 0.4) is 0 Å². The van der Waals surface area contributed by atoms with Crippen molar-refractivity contribution in [1.29, 1.82) is 0 Å². The number of hydrogen-bond donors (Lipinski definition) is 0. The van der Waals surface area contributed by atoms with Crippen molar-refractivity contribution in [3.8, 4) is 11.5 Å². The van der Waals surface area contributed by atoms with Gasteiger partial charge in [0.05, 0.1) is 19.8 Å². The van der Waals surface area contributed by atoms with Crippen LogP contribution < -0.4 is 9.47 Å². The molecule has 30 heavy (non-hydrogen) atoms. The quantitative estimate of drug-likeness (QED) is 0.758. The zero-order valence-corrected chi connectivity index (χ0v) is 17.1. The zero-order chi connectivity index (χ0) is 21.3. The van der Waals surface area contributed by atoms with Crippen molar-refractivity contribution < 1.29 is 23.5 Å². The van der Waals surface area contributed by atoms with E-state index in [-0.39, 0.29) is 29.5 Å². The van der Waals surface area contributed by atoms with Gasteiger partial charge in [-0.15, -0.1) is 0 Å². The Labute approximate surface area is 175 Å². The van der Waals surface area contributed by atoms with Crippen LogP contribution in [0.25, 0.3) is 0 Å². The standard InChI is InChI=1S/C23H25FN2O4/c1-29-20-5-3-4-17(21(20)30-2)22(27)25-10-12-26(13-11-25)23(28)19-14-18(19)15-6-8-16(24)9-7-15/h3-9,18-19H,10-14H2,1-2H3. The lowest BCUT2D eigenvalue weighted by atomic mass is 10.1. The van der Waals surface area contributed by atoms with Gasteiger partial charge in [0, 0.05) is 32.1 Å². The topological polar surface area (TPSA) is 59.1 Å². The molecule has 1 aliphatic heterocycles. The van der Waals surface area contributed by atoms with E-state index in [4.69, 9.17) is 9.47 Å². The molecule has 1 saturated heterocycles. The summed E-state index contributed by atoms with van der Waals surface area (Å²) >= 11 is 0. The number of nitrogens with zero attached hydrogens (tertiary/aromatic N) is 2. The lowest BCUT2D eigenvalue weighted by Gasteiger charge is -2.35. The molecule has 2 aromatic rings. The van der Waals surface area contributed by atoms with Gasteiger partial charge in [0.15, 0.2) is 11.5 Å². The van der Waals surface area contributed by atoms with Gasteiger partial charge in [0.25, 0.3) is 5.91 Å². The predicted molar refractivity (Wildman–Crippen MR) is 109 cm³/mol. The minimum atomic E-state index is -0.268. The molecule has 4 rings (SSSR count). The molecule has 2 aliphatic rings. The monoisotopic (exact) mass is 412 g/mol. The zero-order valence-electron chi connectivity index (χ0n) is 17.1. The normalized spacial score (nSPS) is 20.6. The molecule has 1 heterocycles. The van der Waals surface area contributed by atoms with E-state index < -0.39 is 0 Å². The van der Waals surface area contributed by atoms with E-state index in [1.54, 1.807) is 35.2 Å². The second-order valence-corrected chi connectivity index (χ2v) is 7.66. The number of amides is 2. The number of ether oxygens (including phenoxy) is 2. The molecule has 158 valence electrons. The van der Waals surface area contributed by atoms with Crippen LogP contribution in [0.5, 0.6) is 11.5 Å². The van der Waals surface area contributed by atoms with Crippen molar-refractivity contribution >= 4 is 11.8 Å². The van der Waals surface area contributed by atoms with Crippen molar-refractivity contribution in [2.45, 2.75) is 12.3 Å². The Morgan fingerprint density at radius 3 is 2.23 bits per heavy atom. The van der Waals surface area contributed by atoms with Gasteiger partial charge < -0.3 is 19.3 Å². The van der Waals surface area contributed by atoms with Crippen LogP contribution in [0.4, 0.5) is 4.39 Å². The van der Waals surface area contributed by atoms with Crippen LogP contribution in [-0.4, -0.2) is 62.0 Å².